The lowest BCUT2D eigenvalue weighted by atomic mass is 10.1. The van der Waals surface area contributed by atoms with E-state index < -0.39 is 0 Å². The van der Waals surface area contributed by atoms with Gasteiger partial charge in [-0.15, -0.1) is 0 Å². The fourth-order valence-electron chi connectivity index (χ4n) is 1.65. The van der Waals surface area contributed by atoms with Crippen LogP contribution in [0, 0.1) is 17.2 Å². The van der Waals surface area contributed by atoms with Gasteiger partial charge in [0.1, 0.15) is 6.07 Å². The number of carbonyl (C=O) groups is 1. The van der Waals surface area contributed by atoms with E-state index in [-0.39, 0.29) is 12.5 Å². The molecule has 0 unspecified atom stereocenters. The minimum Gasteiger partial charge on any atom is -0.399 e. The minimum atomic E-state index is -0.0584. The van der Waals surface area contributed by atoms with Gasteiger partial charge in [-0.2, -0.15) is 5.26 Å². The van der Waals surface area contributed by atoms with Crippen LogP contribution in [0.2, 0.25) is 0 Å². The molecule has 0 bridgehead atoms. The van der Waals surface area contributed by atoms with E-state index in [9.17, 15) is 4.79 Å². The molecule has 5 heteroatoms. The second-order valence-corrected chi connectivity index (χ2v) is 4.94. The van der Waals surface area contributed by atoms with Gasteiger partial charge in [-0.25, -0.2) is 0 Å². The van der Waals surface area contributed by atoms with Crippen LogP contribution in [-0.2, 0) is 4.79 Å². The number of anilines is 2. The van der Waals surface area contributed by atoms with Gasteiger partial charge in [0.25, 0.3) is 0 Å². The summed E-state index contributed by atoms with van der Waals surface area (Å²) in [6, 6.07) is 7.17. The molecule has 1 amide bonds. The largest absolute Gasteiger partial charge is 0.399 e. The number of amides is 1. The first-order valence-electron chi connectivity index (χ1n) is 6.21. The maximum absolute atomic E-state index is 11.7. The molecule has 0 aliphatic rings. The van der Waals surface area contributed by atoms with Crippen LogP contribution >= 0.6 is 0 Å². The summed E-state index contributed by atoms with van der Waals surface area (Å²) in [7, 11) is 1.78. The molecule has 0 aliphatic carbocycles. The smallest absolute Gasteiger partial charge is 0.239 e. The molecular formula is C14H20N4O. The summed E-state index contributed by atoms with van der Waals surface area (Å²) in [5.74, 6) is 0.359. The molecule has 3 N–H and O–H groups in total. The summed E-state index contributed by atoms with van der Waals surface area (Å²) in [6.07, 6.45) is 0. The van der Waals surface area contributed by atoms with Gasteiger partial charge in [0.2, 0.25) is 5.91 Å². The number of hydrogen-bond acceptors (Lipinski definition) is 4. The van der Waals surface area contributed by atoms with Gasteiger partial charge in [-0.05, 0) is 24.1 Å². The molecule has 0 aromatic heterocycles. The molecule has 1 aromatic rings. The van der Waals surface area contributed by atoms with Crippen LogP contribution in [-0.4, -0.2) is 26.0 Å². The Kier molecular flexibility index (Phi) is 5.19. The maximum Gasteiger partial charge on any atom is 0.239 e. The zero-order valence-electron chi connectivity index (χ0n) is 11.6. The van der Waals surface area contributed by atoms with Crippen molar-refractivity contribution in [3.05, 3.63) is 23.8 Å². The van der Waals surface area contributed by atoms with Crippen molar-refractivity contribution in [3.8, 4) is 6.07 Å². The number of nitrogens with two attached hydrogens (primary N) is 1. The summed E-state index contributed by atoms with van der Waals surface area (Å²) in [6.45, 7) is 4.94. The predicted molar refractivity (Wildman–Crippen MR) is 76.7 cm³/mol. The third-order valence-electron chi connectivity index (χ3n) is 2.64. The van der Waals surface area contributed by atoms with Gasteiger partial charge >= 0.3 is 0 Å². The highest BCUT2D eigenvalue weighted by atomic mass is 16.2. The third kappa shape index (κ3) is 4.51. The first kappa shape index (κ1) is 14.8. The van der Waals surface area contributed by atoms with E-state index in [2.05, 4.69) is 11.4 Å². The Morgan fingerprint density at radius 1 is 1.53 bits per heavy atom. The van der Waals surface area contributed by atoms with Crippen molar-refractivity contribution in [2.75, 3.05) is 30.8 Å². The Morgan fingerprint density at radius 2 is 2.21 bits per heavy atom. The summed E-state index contributed by atoms with van der Waals surface area (Å²) in [5.41, 5.74) is 7.35. The highest BCUT2D eigenvalue weighted by molar-refractivity contribution is 5.82. The van der Waals surface area contributed by atoms with E-state index in [0.29, 0.717) is 29.4 Å². The second kappa shape index (κ2) is 6.64. The molecule has 0 aliphatic heterocycles. The van der Waals surface area contributed by atoms with E-state index in [0.717, 1.165) is 0 Å². The molecule has 0 saturated heterocycles. The topological polar surface area (TPSA) is 82.2 Å². The highest BCUT2D eigenvalue weighted by Crippen LogP contribution is 2.21. The maximum atomic E-state index is 11.7. The van der Waals surface area contributed by atoms with Crippen LogP contribution < -0.4 is 16.0 Å². The molecule has 1 rings (SSSR count). The van der Waals surface area contributed by atoms with Gasteiger partial charge in [-0.1, -0.05) is 13.8 Å². The molecule has 19 heavy (non-hydrogen) atoms. The zero-order chi connectivity index (χ0) is 14.4. The van der Waals surface area contributed by atoms with Crippen LogP contribution in [0.5, 0.6) is 0 Å². The summed E-state index contributed by atoms with van der Waals surface area (Å²) in [4.78, 5) is 13.5. The van der Waals surface area contributed by atoms with Crippen molar-refractivity contribution < 1.29 is 4.79 Å². The highest BCUT2D eigenvalue weighted by Gasteiger charge is 2.11. The Bertz CT molecular complexity index is 491. The van der Waals surface area contributed by atoms with Crippen LogP contribution in [0.25, 0.3) is 0 Å². The number of nitriles is 1. The fraction of sp³-hybridized carbons (Fsp3) is 0.429. The quantitative estimate of drug-likeness (QED) is 0.783. The molecule has 0 fully saturated rings. The van der Waals surface area contributed by atoms with Gasteiger partial charge in [0.05, 0.1) is 17.8 Å². The number of nitrogens with one attached hydrogen (secondary N) is 1. The van der Waals surface area contributed by atoms with Crippen LogP contribution in [0.1, 0.15) is 19.4 Å². The average molecular weight is 260 g/mol. The average Bonchev–Trinajstić information content (AvgIpc) is 2.35. The molecule has 0 saturated carbocycles. The lowest BCUT2D eigenvalue weighted by molar-refractivity contribution is -0.119. The Morgan fingerprint density at radius 3 is 2.79 bits per heavy atom. The number of rotatable bonds is 5. The van der Waals surface area contributed by atoms with Crippen molar-refractivity contribution in [1.29, 1.82) is 5.26 Å². The summed E-state index contributed by atoms with van der Waals surface area (Å²) in [5, 5.41) is 11.9. The molecule has 0 radical (unpaired) electrons. The zero-order valence-corrected chi connectivity index (χ0v) is 11.6. The Balaban J connectivity index is 2.71. The standard InChI is InChI=1S/C14H20N4O/c1-10(2)8-17-14(19)9-18(3)13-5-4-12(16)6-11(13)7-15/h4-6,10H,8-9,16H2,1-3H3,(H,17,19). The summed E-state index contributed by atoms with van der Waals surface area (Å²) >= 11 is 0. The molecular weight excluding hydrogens is 240 g/mol. The normalized spacial score (nSPS) is 10.1. The molecule has 0 heterocycles. The molecule has 1 aromatic carbocycles. The van der Waals surface area contributed by atoms with Crippen molar-refractivity contribution in [2.45, 2.75) is 13.8 Å². The van der Waals surface area contributed by atoms with Crippen LogP contribution in [0.15, 0.2) is 18.2 Å². The van der Waals surface area contributed by atoms with Gasteiger partial charge in [-0.3, -0.25) is 4.79 Å². The Labute approximate surface area is 114 Å². The first-order valence-corrected chi connectivity index (χ1v) is 6.21. The second-order valence-electron chi connectivity index (χ2n) is 4.94. The van der Waals surface area contributed by atoms with Crippen LogP contribution in [0.4, 0.5) is 11.4 Å². The molecule has 5 nitrogen and oxygen atoms in total. The van der Waals surface area contributed by atoms with Crippen molar-refractivity contribution in [2.24, 2.45) is 5.92 Å². The van der Waals surface area contributed by atoms with Crippen molar-refractivity contribution >= 4 is 17.3 Å². The van der Waals surface area contributed by atoms with Gasteiger partial charge in [0, 0.05) is 19.3 Å². The van der Waals surface area contributed by atoms with Gasteiger partial charge in [0.15, 0.2) is 0 Å². The predicted octanol–water partition coefficient (Wildman–Crippen LogP) is 1.35. The fourth-order valence-corrected chi connectivity index (χ4v) is 1.65. The third-order valence-corrected chi connectivity index (χ3v) is 2.64. The number of benzene rings is 1. The van der Waals surface area contributed by atoms with Crippen LogP contribution in [0.3, 0.4) is 0 Å². The first-order chi connectivity index (χ1) is 8.93. The van der Waals surface area contributed by atoms with E-state index >= 15 is 0 Å². The monoisotopic (exact) mass is 260 g/mol. The molecule has 0 spiro atoms. The van der Waals surface area contributed by atoms with Crippen molar-refractivity contribution in [1.82, 2.24) is 5.32 Å². The Hall–Kier alpha value is -2.22. The number of nitrogens with zero attached hydrogens (tertiary/aromatic N) is 2. The molecule has 102 valence electrons. The lowest BCUT2D eigenvalue weighted by Crippen LogP contribution is -2.37. The number of nitrogen functional groups attached to an aromatic ring is 1. The van der Waals surface area contributed by atoms with E-state index in [4.69, 9.17) is 11.0 Å². The number of hydrogen-bond donors (Lipinski definition) is 2. The van der Waals surface area contributed by atoms with E-state index in [1.54, 1.807) is 30.1 Å². The number of likely N-dealkylation sites (N-methyl/N-ethyl adjacent to an activating group) is 1. The van der Waals surface area contributed by atoms with Gasteiger partial charge < -0.3 is 16.0 Å². The SMILES string of the molecule is CC(C)CNC(=O)CN(C)c1ccc(N)cc1C#N. The van der Waals surface area contributed by atoms with E-state index in [1.165, 1.54) is 0 Å². The molecule has 0 atom stereocenters. The van der Waals surface area contributed by atoms with E-state index in [1.807, 2.05) is 13.8 Å². The lowest BCUT2D eigenvalue weighted by Gasteiger charge is -2.20. The van der Waals surface area contributed by atoms with Crippen molar-refractivity contribution in [3.63, 3.8) is 0 Å². The number of carbonyl (C=O) groups excluding carboxylic acids is 1. The minimum absolute atomic E-state index is 0.0584. The summed E-state index contributed by atoms with van der Waals surface area (Å²) < 4.78 is 0.